The number of ether oxygens (including phenoxy) is 1. The summed E-state index contributed by atoms with van der Waals surface area (Å²) in [4.78, 5) is 24.8. The van der Waals surface area contributed by atoms with Crippen LogP contribution in [0.4, 0.5) is 11.5 Å². The fourth-order valence-corrected chi connectivity index (χ4v) is 4.54. The summed E-state index contributed by atoms with van der Waals surface area (Å²) in [5.74, 6) is 1.43. The van der Waals surface area contributed by atoms with E-state index in [1.54, 1.807) is 0 Å². The van der Waals surface area contributed by atoms with Crippen molar-refractivity contribution >= 4 is 40.4 Å². The number of aryl methyl sites for hydroxylation is 1. The average Bonchev–Trinajstić information content (AvgIpc) is 3.27. The van der Waals surface area contributed by atoms with Gasteiger partial charge in [-0.2, -0.15) is 0 Å². The van der Waals surface area contributed by atoms with E-state index in [0.29, 0.717) is 5.82 Å². The molecule has 4 rings (SSSR count). The molecule has 0 fully saturated rings. The van der Waals surface area contributed by atoms with Gasteiger partial charge in [0.05, 0.1) is 15.6 Å². The molecule has 156 valence electrons. The number of aromatic nitrogens is 2. The third-order valence-corrected chi connectivity index (χ3v) is 6.07. The molecule has 0 N–H and O–H groups in total. The van der Waals surface area contributed by atoms with Gasteiger partial charge < -0.3 is 9.64 Å². The molecule has 2 aromatic heterocycles. The molecule has 30 heavy (non-hydrogen) atoms. The van der Waals surface area contributed by atoms with Gasteiger partial charge in [0, 0.05) is 23.5 Å². The van der Waals surface area contributed by atoms with Gasteiger partial charge in [-0.15, -0.1) is 11.3 Å². The number of anilines is 2. The molecule has 0 amide bonds. The molecule has 0 aliphatic carbocycles. The van der Waals surface area contributed by atoms with Crippen molar-refractivity contribution in [2.75, 3.05) is 11.4 Å². The molecular weight excluding hydrogens is 418 g/mol. The van der Waals surface area contributed by atoms with Gasteiger partial charge >= 0.3 is 5.97 Å². The Morgan fingerprint density at radius 3 is 2.53 bits per heavy atom. The highest BCUT2D eigenvalue weighted by molar-refractivity contribution is 7.19. The van der Waals surface area contributed by atoms with E-state index in [-0.39, 0.29) is 12.4 Å². The minimum absolute atomic E-state index is 0.218. The number of hydrogen-bond donors (Lipinski definition) is 0. The lowest BCUT2D eigenvalue weighted by atomic mass is 10.1. The van der Waals surface area contributed by atoms with Gasteiger partial charge in [0.1, 0.15) is 11.4 Å². The zero-order valence-electron chi connectivity index (χ0n) is 17.5. The van der Waals surface area contributed by atoms with Gasteiger partial charge in [0.15, 0.2) is 5.82 Å². The molecule has 0 unspecified atom stereocenters. The van der Waals surface area contributed by atoms with Crippen molar-refractivity contribution in [3.05, 3.63) is 57.6 Å². The van der Waals surface area contributed by atoms with E-state index in [2.05, 4.69) is 4.90 Å². The highest BCUT2D eigenvalue weighted by Gasteiger charge is 2.26. The number of esters is 1. The van der Waals surface area contributed by atoms with Crippen LogP contribution in [0.5, 0.6) is 0 Å². The molecule has 0 saturated carbocycles. The first kappa shape index (κ1) is 20.8. The predicted octanol–water partition coefficient (Wildman–Crippen LogP) is 5.75. The average molecular weight is 442 g/mol. The normalized spacial score (nSPS) is 13.4. The van der Waals surface area contributed by atoms with E-state index in [1.807, 2.05) is 64.1 Å². The number of carbonyl (C=O) groups excluding carboxylic acids is 1. The molecule has 3 heterocycles. The van der Waals surface area contributed by atoms with Crippen molar-refractivity contribution in [1.29, 1.82) is 0 Å². The van der Waals surface area contributed by atoms with Gasteiger partial charge in [-0.05, 0) is 63.9 Å². The van der Waals surface area contributed by atoms with Crippen molar-refractivity contribution in [3.63, 3.8) is 0 Å². The lowest BCUT2D eigenvalue weighted by Crippen LogP contribution is -2.24. The second-order valence-corrected chi connectivity index (χ2v) is 10.1. The van der Waals surface area contributed by atoms with Crippen molar-refractivity contribution < 1.29 is 9.53 Å². The highest BCUT2D eigenvalue weighted by Crippen LogP contribution is 2.37. The number of thiophene rings is 1. The van der Waals surface area contributed by atoms with Crippen LogP contribution in [0, 0.1) is 6.92 Å². The Labute approximate surface area is 185 Å². The Bertz CT molecular complexity index is 1090. The van der Waals surface area contributed by atoms with Crippen molar-refractivity contribution in [1.82, 2.24) is 9.97 Å². The largest absolute Gasteiger partial charge is 0.460 e. The fourth-order valence-electron chi connectivity index (χ4n) is 3.56. The third-order valence-electron chi connectivity index (χ3n) is 4.84. The standard InChI is InChI=1S/C23H24ClN3O2S/c1-14-17-11-12-27(22(17)26-21(25-14)18-9-10-19(24)30-18)16-7-5-15(6-8-16)13-20(28)29-23(2,3)4/h5-10H,11-13H2,1-4H3. The monoisotopic (exact) mass is 441 g/mol. The van der Waals surface area contributed by atoms with E-state index in [4.69, 9.17) is 26.3 Å². The van der Waals surface area contributed by atoms with E-state index in [9.17, 15) is 4.79 Å². The van der Waals surface area contributed by atoms with Crippen LogP contribution in [0.25, 0.3) is 10.7 Å². The zero-order valence-corrected chi connectivity index (χ0v) is 19.1. The number of halogens is 1. The van der Waals surface area contributed by atoms with Crippen LogP contribution in [0.2, 0.25) is 4.34 Å². The number of benzene rings is 1. The maximum atomic E-state index is 12.1. The van der Waals surface area contributed by atoms with E-state index < -0.39 is 5.60 Å². The summed E-state index contributed by atoms with van der Waals surface area (Å²) in [5, 5.41) is 0. The molecule has 1 aliphatic rings. The van der Waals surface area contributed by atoms with Crippen molar-refractivity contribution in [2.24, 2.45) is 0 Å². The summed E-state index contributed by atoms with van der Waals surface area (Å²) in [6.45, 7) is 8.51. The summed E-state index contributed by atoms with van der Waals surface area (Å²) in [6, 6.07) is 11.9. The minimum Gasteiger partial charge on any atom is -0.460 e. The minimum atomic E-state index is -0.474. The van der Waals surface area contributed by atoms with Gasteiger partial charge in [0.25, 0.3) is 0 Å². The lowest BCUT2D eigenvalue weighted by molar-refractivity contribution is -0.153. The molecule has 3 aromatic rings. The van der Waals surface area contributed by atoms with Gasteiger partial charge in [-0.1, -0.05) is 23.7 Å². The first-order valence-corrected chi connectivity index (χ1v) is 11.1. The molecule has 5 nitrogen and oxygen atoms in total. The summed E-state index contributed by atoms with van der Waals surface area (Å²) < 4.78 is 6.14. The van der Waals surface area contributed by atoms with E-state index >= 15 is 0 Å². The molecule has 1 aliphatic heterocycles. The number of carbonyl (C=O) groups is 1. The van der Waals surface area contributed by atoms with Gasteiger partial charge in [0.2, 0.25) is 0 Å². The number of hydrogen-bond acceptors (Lipinski definition) is 6. The Kier molecular flexibility index (Phi) is 5.55. The van der Waals surface area contributed by atoms with Crippen LogP contribution in [0.15, 0.2) is 36.4 Å². The number of fused-ring (bicyclic) bond motifs is 1. The van der Waals surface area contributed by atoms with Crippen molar-refractivity contribution in [2.45, 2.75) is 46.1 Å². The Morgan fingerprint density at radius 1 is 1.17 bits per heavy atom. The Hall–Kier alpha value is -2.44. The SMILES string of the molecule is Cc1nc(-c2ccc(Cl)s2)nc2c1CCN2c1ccc(CC(=O)OC(C)(C)C)cc1. The van der Waals surface area contributed by atoms with Crippen LogP contribution in [0.3, 0.4) is 0 Å². The molecule has 0 spiro atoms. The number of nitrogens with zero attached hydrogens (tertiary/aromatic N) is 3. The first-order valence-electron chi connectivity index (χ1n) is 9.91. The summed E-state index contributed by atoms with van der Waals surface area (Å²) in [7, 11) is 0. The van der Waals surface area contributed by atoms with Gasteiger partial charge in [-0.3, -0.25) is 4.79 Å². The van der Waals surface area contributed by atoms with Crippen LogP contribution in [0.1, 0.15) is 37.6 Å². The molecule has 0 radical (unpaired) electrons. The maximum Gasteiger partial charge on any atom is 0.310 e. The third kappa shape index (κ3) is 4.50. The molecule has 0 saturated heterocycles. The molecule has 1 aromatic carbocycles. The van der Waals surface area contributed by atoms with E-state index in [0.717, 1.165) is 44.9 Å². The summed E-state index contributed by atoms with van der Waals surface area (Å²) in [5.41, 5.74) is 3.69. The smallest absolute Gasteiger partial charge is 0.310 e. The van der Waals surface area contributed by atoms with Crippen molar-refractivity contribution in [3.8, 4) is 10.7 Å². The topological polar surface area (TPSA) is 55.3 Å². The van der Waals surface area contributed by atoms with Crippen LogP contribution >= 0.6 is 22.9 Å². The predicted molar refractivity (Wildman–Crippen MR) is 122 cm³/mol. The highest BCUT2D eigenvalue weighted by atomic mass is 35.5. The second kappa shape index (κ2) is 8.00. The quantitative estimate of drug-likeness (QED) is 0.483. The fraction of sp³-hybridized carbons (Fsp3) is 0.348. The molecule has 0 atom stereocenters. The molecular formula is C23H24ClN3O2S. The molecule has 0 bridgehead atoms. The van der Waals surface area contributed by atoms with Crippen LogP contribution in [-0.4, -0.2) is 28.1 Å². The van der Waals surface area contributed by atoms with Gasteiger partial charge in [-0.25, -0.2) is 9.97 Å². The Morgan fingerprint density at radius 2 is 1.90 bits per heavy atom. The maximum absolute atomic E-state index is 12.1. The lowest BCUT2D eigenvalue weighted by Gasteiger charge is -2.20. The van der Waals surface area contributed by atoms with Crippen LogP contribution in [-0.2, 0) is 22.4 Å². The summed E-state index contributed by atoms with van der Waals surface area (Å²) >= 11 is 7.58. The Balaban J connectivity index is 1.57. The summed E-state index contributed by atoms with van der Waals surface area (Å²) in [6.07, 6.45) is 1.17. The first-order chi connectivity index (χ1) is 14.2. The number of rotatable bonds is 4. The zero-order chi connectivity index (χ0) is 21.5. The van der Waals surface area contributed by atoms with E-state index in [1.165, 1.54) is 16.9 Å². The van der Waals surface area contributed by atoms with Crippen LogP contribution < -0.4 is 4.90 Å². The molecule has 7 heteroatoms. The second-order valence-electron chi connectivity index (χ2n) is 8.37.